The number of aromatic amines is 1. The van der Waals surface area contributed by atoms with Crippen LogP contribution in [0.3, 0.4) is 0 Å². The lowest BCUT2D eigenvalue weighted by atomic mass is 9.98. The molecule has 0 radical (unpaired) electrons. The van der Waals surface area contributed by atoms with Crippen LogP contribution in [0.1, 0.15) is 32.3 Å². The first-order valence-corrected chi connectivity index (χ1v) is 13.0. The highest BCUT2D eigenvalue weighted by molar-refractivity contribution is 7.98. The highest BCUT2D eigenvalue weighted by atomic mass is 32.2. The van der Waals surface area contributed by atoms with Gasteiger partial charge >= 0.3 is 5.97 Å². The van der Waals surface area contributed by atoms with Crippen molar-refractivity contribution in [2.24, 2.45) is 11.7 Å². The van der Waals surface area contributed by atoms with E-state index < -0.39 is 41.8 Å². The summed E-state index contributed by atoms with van der Waals surface area (Å²) in [5.41, 5.74) is 7.07. The zero-order chi connectivity index (χ0) is 26.0. The molecule has 0 aliphatic carbocycles. The number of aromatic nitrogens is 1. The van der Waals surface area contributed by atoms with Gasteiger partial charge in [-0.1, -0.05) is 38.5 Å². The van der Waals surface area contributed by atoms with E-state index in [1.165, 1.54) is 11.8 Å². The van der Waals surface area contributed by atoms with Crippen LogP contribution in [0.2, 0.25) is 0 Å². The summed E-state index contributed by atoms with van der Waals surface area (Å²) in [5.74, 6) is -2.46. The van der Waals surface area contributed by atoms with Crippen molar-refractivity contribution >= 4 is 46.4 Å². The summed E-state index contributed by atoms with van der Waals surface area (Å²) in [6.45, 7) is 3.32. The number of nitrogens with two attached hydrogens (primary N) is 1. The second kappa shape index (κ2) is 13.7. The van der Waals surface area contributed by atoms with Crippen molar-refractivity contribution in [3.8, 4) is 0 Å². The number of nitrogens with one attached hydrogen (secondary N) is 4. The van der Waals surface area contributed by atoms with Crippen molar-refractivity contribution in [2.45, 2.75) is 51.2 Å². The predicted octanol–water partition coefficient (Wildman–Crippen LogP) is 1.01. The standard InChI is InChI=1S/C24H35N5O5S/c1-4-14(2)21(24(33)34)29-23(32)19(11-15-13-26-17-8-6-5-7-16(15)17)28-22(31)18(9-10-35-3)27-20(30)12-25/h5-8,13-14,18-19,21,26H,4,9-12,25H2,1-3H3,(H,27,30)(H,28,31)(H,29,32)(H,33,34). The third-order valence-electron chi connectivity index (χ3n) is 5.96. The zero-order valence-electron chi connectivity index (χ0n) is 20.3. The monoisotopic (exact) mass is 505 g/mol. The Morgan fingerprint density at radius 1 is 1.09 bits per heavy atom. The summed E-state index contributed by atoms with van der Waals surface area (Å²) < 4.78 is 0. The average molecular weight is 506 g/mol. The van der Waals surface area contributed by atoms with E-state index in [4.69, 9.17) is 5.73 Å². The van der Waals surface area contributed by atoms with Gasteiger partial charge in [0, 0.05) is 23.5 Å². The molecule has 35 heavy (non-hydrogen) atoms. The van der Waals surface area contributed by atoms with Crippen molar-refractivity contribution in [1.82, 2.24) is 20.9 Å². The number of carboxylic acid groups (broad SMARTS) is 1. The molecule has 0 spiro atoms. The number of hydrogen-bond acceptors (Lipinski definition) is 6. The number of H-pyrrole nitrogens is 1. The Bertz CT molecular complexity index is 1030. The normalized spacial score (nSPS) is 14.5. The molecule has 10 nitrogen and oxygen atoms in total. The molecule has 0 aliphatic rings. The first kappa shape index (κ1) is 28.2. The van der Waals surface area contributed by atoms with Gasteiger partial charge in [0.25, 0.3) is 0 Å². The molecule has 1 heterocycles. The van der Waals surface area contributed by atoms with Gasteiger partial charge in [-0.15, -0.1) is 0 Å². The third kappa shape index (κ3) is 8.00. The lowest BCUT2D eigenvalue weighted by molar-refractivity contribution is -0.143. The van der Waals surface area contributed by atoms with E-state index in [-0.39, 0.29) is 18.9 Å². The zero-order valence-corrected chi connectivity index (χ0v) is 21.1. The van der Waals surface area contributed by atoms with Crippen LogP contribution in [0, 0.1) is 5.92 Å². The Labute approximate surface area is 209 Å². The highest BCUT2D eigenvalue weighted by Gasteiger charge is 2.31. The van der Waals surface area contributed by atoms with Crippen molar-refractivity contribution in [3.05, 3.63) is 36.0 Å². The molecule has 3 amide bonds. The molecule has 1 aromatic heterocycles. The summed E-state index contributed by atoms with van der Waals surface area (Å²) >= 11 is 1.52. The fourth-order valence-electron chi connectivity index (χ4n) is 3.70. The first-order chi connectivity index (χ1) is 16.7. The van der Waals surface area contributed by atoms with Crippen LogP contribution >= 0.6 is 11.8 Å². The minimum absolute atomic E-state index is 0.133. The van der Waals surface area contributed by atoms with Gasteiger partial charge < -0.3 is 31.8 Å². The van der Waals surface area contributed by atoms with E-state index in [0.29, 0.717) is 18.6 Å². The molecule has 0 fully saturated rings. The van der Waals surface area contributed by atoms with E-state index >= 15 is 0 Å². The van der Waals surface area contributed by atoms with Gasteiger partial charge in [0.05, 0.1) is 6.54 Å². The summed E-state index contributed by atoms with van der Waals surface area (Å²) in [6.07, 6.45) is 4.69. The maximum Gasteiger partial charge on any atom is 0.326 e. The number of carboxylic acids is 1. The van der Waals surface area contributed by atoms with Gasteiger partial charge in [0.1, 0.15) is 18.1 Å². The second-order valence-corrected chi connectivity index (χ2v) is 9.43. The maximum atomic E-state index is 13.3. The molecule has 0 saturated heterocycles. The fourth-order valence-corrected chi connectivity index (χ4v) is 4.17. The van der Waals surface area contributed by atoms with Gasteiger partial charge in [-0.05, 0) is 36.0 Å². The van der Waals surface area contributed by atoms with Crippen molar-refractivity contribution in [2.75, 3.05) is 18.6 Å². The van der Waals surface area contributed by atoms with Crippen LogP contribution in [0.4, 0.5) is 0 Å². The second-order valence-electron chi connectivity index (χ2n) is 8.44. The van der Waals surface area contributed by atoms with Crippen LogP contribution in [0.15, 0.2) is 30.5 Å². The summed E-state index contributed by atoms with van der Waals surface area (Å²) in [5, 5.41) is 18.5. The Balaban J connectivity index is 2.32. The molecule has 192 valence electrons. The number of fused-ring (bicyclic) bond motifs is 1. The Morgan fingerprint density at radius 3 is 2.40 bits per heavy atom. The number of amides is 3. The number of carbonyl (C=O) groups excluding carboxylic acids is 3. The molecule has 4 atom stereocenters. The molecule has 2 rings (SSSR count). The largest absolute Gasteiger partial charge is 0.480 e. The number of benzene rings is 1. The molecule has 7 N–H and O–H groups in total. The third-order valence-corrected chi connectivity index (χ3v) is 6.60. The fraction of sp³-hybridized carbons (Fsp3) is 0.500. The Hall–Kier alpha value is -3.05. The van der Waals surface area contributed by atoms with Crippen LogP contribution in [-0.4, -0.2) is 70.5 Å². The lowest BCUT2D eigenvalue weighted by Crippen LogP contribution is -2.57. The van der Waals surface area contributed by atoms with E-state index in [1.807, 2.05) is 37.4 Å². The molecule has 0 saturated carbocycles. The minimum atomic E-state index is -1.14. The summed E-state index contributed by atoms with van der Waals surface area (Å²) in [6, 6.07) is 4.53. The molecular weight excluding hydrogens is 470 g/mol. The van der Waals surface area contributed by atoms with Crippen molar-refractivity contribution in [1.29, 1.82) is 0 Å². The molecule has 1 aromatic carbocycles. The van der Waals surface area contributed by atoms with Crippen molar-refractivity contribution in [3.63, 3.8) is 0 Å². The topological polar surface area (TPSA) is 166 Å². The number of para-hydroxylation sites is 1. The SMILES string of the molecule is CCC(C)C(NC(=O)C(Cc1c[nH]c2ccccc12)NC(=O)C(CCSC)NC(=O)CN)C(=O)O. The smallest absolute Gasteiger partial charge is 0.326 e. The average Bonchev–Trinajstić information content (AvgIpc) is 3.26. The van der Waals surface area contributed by atoms with Crippen molar-refractivity contribution < 1.29 is 24.3 Å². The van der Waals surface area contributed by atoms with Gasteiger partial charge in [0.15, 0.2) is 0 Å². The van der Waals surface area contributed by atoms with Gasteiger partial charge in [-0.3, -0.25) is 14.4 Å². The van der Waals surface area contributed by atoms with E-state index in [1.54, 1.807) is 13.1 Å². The highest BCUT2D eigenvalue weighted by Crippen LogP contribution is 2.19. The van der Waals surface area contributed by atoms with Crippen LogP contribution in [0.25, 0.3) is 10.9 Å². The van der Waals surface area contributed by atoms with Gasteiger partial charge in [-0.25, -0.2) is 4.79 Å². The predicted molar refractivity (Wildman–Crippen MR) is 137 cm³/mol. The minimum Gasteiger partial charge on any atom is -0.480 e. The Kier molecular flexibility index (Phi) is 11.1. The molecule has 0 aliphatic heterocycles. The summed E-state index contributed by atoms with van der Waals surface area (Å²) in [4.78, 5) is 53.2. The molecule has 4 unspecified atom stereocenters. The quantitative estimate of drug-likeness (QED) is 0.223. The molecular formula is C24H35N5O5S. The number of carbonyl (C=O) groups is 4. The summed E-state index contributed by atoms with van der Waals surface area (Å²) in [7, 11) is 0. The van der Waals surface area contributed by atoms with Gasteiger partial charge in [0.2, 0.25) is 17.7 Å². The number of hydrogen-bond donors (Lipinski definition) is 6. The Morgan fingerprint density at radius 2 is 1.77 bits per heavy atom. The maximum absolute atomic E-state index is 13.3. The number of thioether (sulfide) groups is 1. The van der Waals surface area contributed by atoms with Crippen LogP contribution in [-0.2, 0) is 25.6 Å². The number of aliphatic carboxylic acids is 1. The molecule has 11 heteroatoms. The van der Waals surface area contributed by atoms with E-state index in [9.17, 15) is 24.3 Å². The lowest BCUT2D eigenvalue weighted by Gasteiger charge is -2.26. The van der Waals surface area contributed by atoms with E-state index in [2.05, 4.69) is 20.9 Å². The number of rotatable bonds is 14. The molecule has 2 aromatic rings. The van der Waals surface area contributed by atoms with Crippen LogP contribution < -0.4 is 21.7 Å². The molecule has 0 bridgehead atoms. The van der Waals surface area contributed by atoms with E-state index in [0.717, 1.165) is 16.5 Å². The van der Waals surface area contributed by atoms with Crippen LogP contribution in [0.5, 0.6) is 0 Å². The first-order valence-electron chi connectivity index (χ1n) is 11.6. The van der Waals surface area contributed by atoms with Gasteiger partial charge in [-0.2, -0.15) is 11.8 Å².